The number of rotatable bonds is 5. The minimum atomic E-state index is -1.01. The van der Waals surface area contributed by atoms with E-state index in [1.165, 1.54) is 0 Å². The molecule has 5 nitrogen and oxygen atoms in total. The Morgan fingerprint density at radius 3 is 2.73 bits per heavy atom. The van der Waals surface area contributed by atoms with E-state index in [0.717, 1.165) is 5.56 Å². The van der Waals surface area contributed by atoms with Crippen LogP contribution in [0.1, 0.15) is 25.3 Å². The molecule has 0 bridgehead atoms. The molecule has 1 aliphatic heterocycles. The quantitative estimate of drug-likeness (QED) is 0.847. The molecule has 122 valence electrons. The summed E-state index contributed by atoms with van der Waals surface area (Å²) in [5.41, 5.74) is 0.104. The van der Waals surface area contributed by atoms with Gasteiger partial charge in [-0.15, -0.1) is 0 Å². The van der Waals surface area contributed by atoms with Gasteiger partial charge in [-0.05, 0) is 18.9 Å². The number of carbonyl (C=O) groups excluding carboxylic acids is 1. The summed E-state index contributed by atoms with van der Waals surface area (Å²) in [5.74, 6) is 0.0932. The topological polar surface area (TPSA) is 64.0 Å². The predicted octanol–water partition coefficient (Wildman–Crippen LogP) is 0.853. The lowest BCUT2D eigenvalue weighted by molar-refractivity contribution is -0.132. The third-order valence-electron chi connectivity index (χ3n) is 4.41. The van der Waals surface area contributed by atoms with Crippen molar-refractivity contribution in [3.63, 3.8) is 0 Å². The van der Waals surface area contributed by atoms with E-state index in [4.69, 9.17) is 0 Å². The van der Waals surface area contributed by atoms with E-state index >= 15 is 0 Å². The Labute approximate surface area is 132 Å². The van der Waals surface area contributed by atoms with Crippen LogP contribution in [0.2, 0.25) is 0 Å². The maximum Gasteiger partial charge on any atom is 0.223 e. The Morgan fingerprint density at radius 2 is 2.09 bits per heavy atom. The molecule has 5 heteroatoms. The second-order valence-corrected chi connectivity index (χ2v) is 6.41. The fraction of sp³-hybridized carbons (Fsp3) is 0.588. The van der Waals surface area contributed by atoms with Gasteiger partial charge in [0.2, 0.25) is 5.91 Å². The van der Waals surface area contributed by atoms with E-state index in [0.29, 0.717) is 39.0 Å². The summed E-state index contributed by atoms with van der Waals surface area (Å²) < 4.78 is 0. The maximum atomic E-state index is 12.2. The summed E-state index contributed by atoms with van der Waals surface area (Å²) in [6, 6.07) is 9.91. The average Bonchev–Trinajstić information content (AvgIpc) is 2.49. The number of piperidine rings is 1. The van der Waals surface area contributed by atoms with Crippen LogP contribution in [0.15, 0.2) is 30.3 Å². The van der Waals surface area contributed by atoms with E-state index in [9.17, 15) is 15.0 Å². The number of benzene rings is 1. The van der Waals surface area contributed by atoms with Gasteiger partial charge < -0.3 is 20.0 Å². The van der Waals surface area contributed by atoms with Gasteiger partial charge in [-0.1, -0.05) is 30.3 Å². The molecular weight excluding hydrogens is 280 g/mol. The minimum Gasteiger partial charge on any atom is -0.389 e. The molecule has 2 atom stereocenters. The Hall–Kier alpha value is -1.43. The number of likely N-dealkylation sites (tertiary alicyclic amines) is 1. The number of aliphatic hydroxyl groups excluding tert-OH is 1. The highest BCUT2D eigenvalue weighted by molar-refractivity contribution is 5.76. The highest BCUT2D eigenvalue weighted by Gasteiger charge is 2.36. The highest BCUT2D eigenvalue weighted by atomic mass is 16.3. The van der Waals surface area contributed by atoms with Crippen molar-refractivity contribution in [3.8, 4) is 0 Å². The number of amides is 1. The molecule has 1 heterocycles. The molecule has 22 heavy (non-hydrogen) atoms. The van der Waals surface area contributed by atoms with Crippen LogP contribution in [-0.2, 0) is 11.3 Å². The first-order valence-electron chi connectivity index (χ1n) is 7.79. The molecule has 0 unspecified atom stereocenters. The number of carbonyl (C=O) groups is 1. The van der Waals surface area contributed by atoms with Gasteiger partial charge in [-0.25, -0.2) is 0 Å². The summed E-state index contributed by atoms with van der Waals surface area (Å²) >= 11 is 0. The van der Waals surface area contributed by atoms with E-state index in [1.54, 1.807) is 11.8 Å². The van der Waals surface area contributed by atoms with Crippen LogP contribution in [0.5, 0.6) is 0 Å². The summed E-state index contributed by atoms with van der Waals surface area (Å²) in [4.78, 5) is 16.0. The van der Waals surface area contributed by atoms with Crippen LogP contribution in [-0.4, -0.2) is 64.3 Å². The van der Waals surface area contributed by atoms with E-state index in [1.807, 2.05) is 42.3 Å². The molecule has 1 saturated heterocycles. The van der Waals surface area contributed by atoms with Gasteiger partial charge in [0.15, 0.2) is 0 Å². The van der Waals surface area contributed by atoms with Crippen molar-refractivity contribution < 1.29 is 15.0 Å². The third kappa shape index (κ3) is 4.53. The summed E-state index contributed by atoms with van der Waals surface area (Å²) in [6.07, 6.45) is 0.207. The van der Waals surface area contributed by atoms with Gasteiger partial charge >= 0.3 is 0 Å². The van der Waals surface area contributed by atoms with E-state index in [-0.39, 0.29) is 5.91 Å². The summed E-state index contributed by atoms with van der Waals surface area (Å²) in [5, 5.41) is 19.8. The average molecular weight is 306 g/mol. The number of β-amino-alcohol motifs (C(OH)–C–C–N with tert-alkyl or cyclic N) is 1. The zero-order chi connectivity index (χ0) is 16.2. The largest absolute Gasteiger partial charge is 0.389 e. The first kappa shape index (κ1) is 16.9. The molecule has 2 N–H and O–H groups in total. The Bertz CT molecular complexity index is 490. The van der Waals surface area contributed by atoms with Gasteiger partial charge in [0.05, 0.1) is 11.7 Å². The molecule has 0 saturated carbocycles. The van der Waals surface area contributed by atoms with Crippen LogP contribution in [0.25, 0.3) is 0 Å². The second-order valence-electron chi connectivity index (χ2n) is 6.41. The van der Waals surface area contributed by atoms with Gasteiger partial charge in [0, 0.05) is 39.6 Å². The summed E-state index contributed by atoms with van der Waals surface area (Å²) in [6.45, 7) is 4.01. The van der Waals surface area contributed by atoms with Gasteiger partial charge in [-0.2, -0.15) is 0 Å². The number of hydrogen-bond acceptors (Lipinski definition) is 4. The third-order valence-corrected chi connectivity index (χ3v) is 4.41. The Morgan fingerprint density at radius 1 is 1.41 bits per heavy atom. The van der Waals surface area contributed by atoms with Gasteiger partial charge in [0.1, 0.15) is 0 Å². The molecule has 1 aliphatic rings. The van der Waals surface area contributed by atoms with Crippen LogP contribution in [0.3, 0.4) is 0 Å². The lowest BCUT2D eigenvalue weighted by Crippen LogP contribution is -2.54. The number of nitrogens with zero attached hydrogens (tertiary/aromatic N) is 2. The van der Waals surface area contributed by atoms with E-state index < -0.39 is 11.7 Å². The predicted molar refractivity (Wildman–Crippen MR) is 85.2 cm³/mol. The molecule has 0 radical (unpaired) electrons. The first-order valence-corrected chi connectivity index (χ1v) is 7.79. The lowest BCUT2D eigenvalue weighted by Gasteiger charge is -2.39. The maximum absolute atomic E-state index is 12.2. The second kappa shape index (κ2) is 7.22. The van der Waals surface area contributed by atoms with E-state index in [2.05, 4.69) is 0 Å². The Kier molecular flexibility index (Phi) is 5.56. The molecule has 0 spiro atoms. The lowest BCUT2D eigenvalue weighted by atomic mass is 9.91. The zero-order valence-corrected chi connectivity index (χ0v) is 13.4. The van der Waals surface area contributed by atoms with Crippen molar-refractivity contribution >= 4 is 5.91 Å². The smallest absolute Gasteiger partial charge is 0.223 e. The fourth-order valence-corrected chi connectivity index (χ4v) is 2.68. The zero-order valence-electron chi connectivity index (χ0n) is 13.4. The van der Waals surface area contributed by atoms with Crippen molar-refractivity contribution in [1.29, 1.82) is 0 Å². The molecule has 2 rings (SSSR count). The normalized spacial score (nSPS) is 25.9. The van der Waals surface area contributed by atoms with Crippen molar-refractivity contribution in [2.24, 2.45) is 0 Å². The molecule has 1 fully saturated rings. The molecule has 1 aromatic carbocycles. The van der Waals surface area contributed by atoms with Crippen molar-refractivity contribution in [1.82, 2.24) is 9.80 Å². The first-order chi connectivity index (χ1) is 10.4. The van der Waals surface area contributed by atoms with Crippen molar-refractivity contribution in [2.75, 3.05) is 26.7 Å². The van der Waals surface area contributed by atoms with Crippen LogP contribution in [0.4, 0.5) is 0 Å². The number of aliphatic hydroxyl groups is 2. The van der Waals surface area contributed by atoms with Gasteiger partial charge in [0.25, 0.3) is 0 Å². The van der Waals surface area contributed by atoms with Crippen molar-refractivity contribution in [3.05, 3.63) is 35.9 Å². The van der Waals surface area contributed by atoms with Crippen LogP contribution < -0.4 is 0 Å². The van der Waals surface area contributed by atoms with Crippen LogP contribution in [0, 0.1) is 0 Å². The highest BCUT2D eigenvalue weighted by Crippen LogP contribution is 2.21. The minimum absolute atomic E-state index is 0.0932. The standard InChI is InChI=1S/C17H26N2O3/c1-17(22)9-11-19(13-15(17)20)10-8-16(21)18(2)12-14-6-4-3-5-7-14/h3-7,15,20,22H,8-13H2,1-2H3/t15-,17+/m1/s1. The fourth-order valence-electron chi connectivity index (χ4n) is 2.68. The van der Waals surface area contributed by atoms with Crippen molar-refractivity contribution in [2.45, 2.75) is 38.0 Å². The van der Waals surface area contributed by atoms with Gasteiger partial charge in [-0.3, -0.25) is 4.79 Å². The molecule has 1 amide bonds. The van der Waals surface area contributed by atoms with Crippen LogP contribution >= 0.6 is 0 Å². The number of hydrogen-bond donors (Lipinski definition) is 2. The SMILES string of the molecule is CN(Cc1ccccc1)C(=O)CCN1CC[C@](C)(O)[C@H](O)C1. The molecule has 1 aromatic rings. The molecule has 0 aliphatic carbocycles. The molecule has 0 aromatic heterocycles. The molecular formula is C17H26N2O3. The Balaban J connectivity index is 1.76. The monoisotopic (exact) mass is 306 g/mol. The summed E-state index contributed by atoms with van der Waals surface area (Å²) in [7, 11) is 1.81.